The summed E-state index contributed by atoms with van der Waals surface area (Å²) in [4.78, 5) is 53.1. The van der Waals surface area contributed by atoms with Gasteiger partial charge < -0.3 is 4.74 Å². The number of hydrogen-bond acceptors (Lipinski definition) is 5. The predicted octanol–water partition coefficient (Wildman–Crippen LogP) is 4.01. The highest BCUT2D eigenvalue weighted by Crippen LogP contribution is 2.41. The van der Waals surface area contributed by atoms with Gasteiger partial charge in [0.25, 0.3) is 17.7 Å². The molecule has 0 aromatic heterocycles. The normalized spacial score (nSPS) is 22.2. The Morgan fingerprint density at radius 1 is 0.970 bits per heavy atom. The van der Waals surface area contributed by atoms with Crippen LogP contribution in [0.1, 0.15) is 46.9 Å². The molecule has 2 aromatic carbocycles. The summed E-state index contributed by atoms with van der Waals surface area (Å²) in [6.07, 6.45) is 2.05. The summed E-state index contributed by atoms with van der Waals surface area (Å²) in [6, 6.07) is 12.6. The van der Waals surface area contributed by atoms with Crippen LogP contribution in [-0.2, 0) is 9.59 Å². The van der Waals surface area contributed by atoms with Gasteiger partial charge in [0.2, 0.25) is 0 Å². The van der Waals surface area contributed by atoms with E-state index in [1.165, 1.54) is 19.2 Å². The molecule has 0 spiro atoms. The zero-order chi connectivity index (χ0) is 23.7. The molecule has 172 valence electrons. The lowest BCUT2D eigenvalue weighted by Crippen LogP contribution is -2.52. The average Bonchev–Trinajstić information content (AvgIpc) is 3.06. The summed E-state index contributed by atoms with van der Waals surface area (Å²) in [7, 11) is 1.52. The molecular formula is C25H25ClN2O5. The number of methoxy groups -OCH3 is 1. The van der Waals surface area contributed by atoms with Gasteiger partial charge in [-0.2, -0.15) is 5.01 Å². The molecule has 1 heterocycles. The molecule has 2 aromatic rings. The Kier molecular flexibility index (Phi) is 6.51. The monoisotopic (exact) mass is 468 g/mol. The summed E-state index contributed by atoms with van der Waals surface area (Å²) in [6.45, 7) is 1.61. The number of carbonyl (C=O) groups excluding carboxylic acids is 4. The van der Waals surface area contributed by atoms with E-state index in [0.717, 1.165) is 16.4 Å². The van der Waals surface area contributed by atoms with Crippen LogP contribution in [0.4, 0.5) is 0 Å². The highest BCUT2D eigenvalue weighted by atomic mass is 35.5. The van der Waals surface area contributed by atoms with E-state index in [1.54, 1.807) is 36.4 Å². The quantitative estimate of drug-likeness (QED) is 0.472. The molecule has 0 unspecified atom stereocenters. The fraction of sp³-hybridized carbons (Fsp3) is 0.360. The SMILES string of the molecule is COc1ccc(C(=O)CN(C(=O)c2ccc(Cl)cc2)N2C(=O)[C@@H]3CC[C@H](C)C[C@H]3C2=O)cc1. The molecule has 3 atom stereocenters. The second-order valence-corrected chi connectivity index (χ2v) is 9.08. The molecule has 1 aliphatic heterocycles. The highest BCUT2D eigenvalue weighted by molar-refractivity contribution is 6.30. The van der Waals surface area contributed by atoms with E-state index in [-0.39, 0.29) is 5.56 Å². The number of imide groups is 1. The van der Waals surface area contributed by atoms with E-state index in [0.29, 0.717) is 35.1 Å². The minimum Gasteiger partial charge on any atom is -0.497 e. The average molecular weight is 469 g/mol. The van der Waals surface area contributed by atoms with Crippen LogP contribution in [0.2, 0.25) is 5.02 Å². The van der Waals surface area contributed by atoms with Crippen molar-refractivity contribution in [1.82, 2.24) is 10.0 Å². The number of ether oxygens (including phenoxy) is 1. The van der Waals surface area contributed by atoms with Gasteiger partial charge in [-0.15, -0.1) is 0 Å². The predicted molar refractivity (Wildman–Crippen MR) is 122 cm³/mol. The zero-order valence-electron chi connectivity index (χ0n) is 18.5. The van der Waals surface area contributed by atoms with E-state index < -0.39 is 41.9 Å². The van der Waals surface area contributed by atoms with E-state index in [1.807, 2.05) is 0 Å². The largest absolute Gasteiger partial charge is 0.497 e. The number of rotatable bonds is 6. The maximum absolute atomic E-state index is 13.4. The Morgan fingerprint density at radius 3 is 2.21 bits per heavy atom. The third-order valence-electron chi connectivity index (χ3n) is 6.44. The van der Waals surface area contributed by atoms with E-state index in [2.05, 4.69) is 6.92 Å². The van der Waals surface area contributed by atoms with Crippen molar-refractivity contribution in [1.29, 1.82) is 0 Å². The van der Waals surface area contributed by atoms with Gasteiger partial charge in [-0.3, -0.25) is 19.2 Å². The molecular weight excluding hydrogens is 444 g/mol. The van der Waals surface area contributed by atoms with Gasteiger partial charge >= 0.3 is 0 Å². The van der Waals surface area contributed by atoms with Crippen molar-refractivity contribution in [2.24, 2.45) is 17.8 Å². The number of halogens is 1. The Labute approximate surface area is 197 Å². The van der Waals surface area contributed by atoms with E-state index in [4.69, 9.17) is 16.3 Å². The van der Waals surface area contributed by atoms with Crippen molar-refractivity contribution < 1.29 is 23.9 Å². The van der Waals surface area contributed by atoms with Gasteiger partial charge in [0.15, 0.2) is 5.78 Å². The molecule has 33 heavy (non-hydrogen) atoms. The zero-order valence-corrected chi connectivity index (χ0v) is 19.2. The molecule has 7 nitrogen and oxygen atoms in total. The van der Waals surface area contributed by atoms with Crippen LogP contribution in [0.15, 0.2) is 48.5 Å². The minimum absolute atomic E-state index is 0.228. The number of fused-ring (bicyclic) bond motifs is 1. The third kappa shape index (κ3) is 4.50. The summed E-state index contributed by atoms with van der Waals surface area (Å²) in [5, 5.41) is 2.34. The van der Waals surface area contributed by atoms with Crippen LogP contribution in [-0.4, -0.2) is 47.2 Å². The van der Waals surface area contributed by atoms with Crippen molar-refractivity contribution in [3.05, 3.63) is 64.7 Å². The first-order valence-corrected chi connectivity index (χ1v) is 11.3. The Morgan fingerprint density at radius 2 is 1.58 bits per heavy atom. The van der Waals surface area contributed by atoms with Gasteiger partial charge in [-0.25, -0.2) is 5.01 Å². The Hall–Kier alpha value is -3.19. The van der Waals surface area contributed by atoms with Crippen molar-refractivity contribution in [2.75, 3.05) is 13.7 Å². The summed E-state index contributed by atoms with van der Waals surface area (Å²) < 4.78 is 5.12. The van der Waals surface area contributed by atoms with E-state index >= 15 is 0 Å². The van der Waals surface area contributed by atoms with Crippen molar-refractivity contribution in [3.63, 3.8) is 0 Å². The van der Waals surface area contributed by atoms with Gasteiger partial charge in [0.05, 0.1) is 18.9 Å². The van der Waals surface area contributed by atoms with Crippen molar-refractivity contribution in [2.45, 2.75) is 26.2 Å². The lowest BCUT2D eigenvalue weighted by molar-refractivity contribution is -0.154. The first kappa shape index (κ1) is 23.0. The van der Waals surface area contributed by atoms with E-state index in [9.17, 15) is 19.2 Å². The summed E-state index contributed by atoms with van der Waals surface area (Å²) in [5.41, 5.74) is 0.570. The molecule has 0 bridgehead atoms. The van der Waals surface area contributed by atoms with Crippen LogP contribution in [0, 0.1) is 17.8 Å². The molecule has 1 saturated carbocycles. The highest BCUT2D eigenvalue weighted by Gasteiger charge is 2.52. The fourth-order valence-electron chi connectivity index (χ4n) is 4.59. The molecule has 2 aliphatic rings. The molecule has 1 aliphatic carbocycles. The number of benzene rings is 2. The summed E-state index contributed by atoms with van der Waals surface area (Å²) in [5.74, 6) is -1.84. The molecule has 2 fully saturated rings. The maximum atomic E-state index is 13.4. The van der Waals surface area contributed by atoms with Gasteiger partial charge in [0.1, 0.15) is 12.3 Å². The standard InChI is InChI=1S/C25H25ClN2O5/c1-15-3-12-20-21(13-15)25(32)28(24(20)31)27(23(30)17-4-8-18(26)9-5-17)14-22(29)16-6-10-19(33-2)11-7-16/h4-11,15,20-21H,3,12-14H2,1-2H3/t15-,20+,21+/m0/s1. The fourth-order valence-corrected chi connectivity index (χ4v) is 4.72. The first-order valence-electron chi connectivity index (χ1n) is 10.9. The van der Waals surface area contributed by atoms with Gasteiger partial charge in [-0.1, -0.05) is 18.5 Å². The number of carbonyl (C=O) groups is 4. The minimum atomic E-state index is -0.609. The van der Waals surface area contributed by atoms with Crippen LogP contribution in [0.3, 0.4) is 0 Å². The van der Waals surface area contributed by atoms with Crippen LogP contribution in [0.25, 0.3) is 0 Å². The summed E-state index contributed by atoms with van der Waals surface area (Å²) >= 11 is 5.95. The molecule has 1 saturated heterocycles. The van der Waals surface area contributed by atoms with Crippen molar-refractivity contribution in [3.8, 4) is 5.75 Å². The van der Waals surface area contributed by atoms with Gasteiger partial charge in [0, 0.05) is 16.1 Å². The van der Waals surface area contributed by atoms with Crippen LogP contribution in [0.5, 0.6) is 5.75 Å². The number of ketones is 1. The number of amides is 3. The molecule has 0 N–H and O–H groups in total. The Balaban J connectivity index is 1.67. The molecule has 3 amide bonds. The van der Waals surface area contributed by atoms with Crippen molar-refractivity contribution >= 4 is 35.1 Å². The molecule has 0 radical (unpaired) electrons. The Bertz CT molecular complexity index is 1080. The first-order chi connectivity index (χ1) is 15.8. The maximum Gasteiger partial charge on any atom is 0.273 e. The molecule has 4 rings (SSSR count). The smallest absolute Gasteiger partial charge is 0.273 e. The number of hydrogen-bond donors (Lipinski definition) is 0. The third-order valence-corrected chi connectivity index (χ3v) is 6.69. The van der Waals surface area contributed by atoms with Crippen LogP contribution >= 0.6 is 11.6 Å². The lowest BCUT2D eigenvalue weighted by Gasteiger charge is -2.30. The second kappa shape index (κ2) is 9.35. The lowest BCUT2D eigenvalue weighted by atomic mass is 9.76. The number of nitrogens with zero attached hydrogens (tertiary/aromatic N) is 2. The second-order valence-electron chi connectivity index (χ2n) is 8.64. The number of hydrazine groups is 1. The number of Topliss-reactive ketones (excluding diaryl/α,β-unsaturated/α-hetero) is 1. The van der Waals surface area contributed by atoms with Crippen LogP contribution < -0.4 is 4.74 Å². The topological polar surface area (TPSA) is 84.0 Å². The van der Waals surface area contributed by atoms with Gasteiger partial charge in [-0.05, 0) is 73.7 Å². The molecule has 8 heteroatoms.